The van der Waals surface area contributed by atoms with Gasteiger partial charge in [-0.3, -0.25) is 14.9 Å². The molecule has 0 N–H and O–H groups in total. The standard InChI is InChI=1S/C12H14N2O3S/c1-7-3-4-10(14(16)17)12(8(7)2)13-6-9(18)5-11(13)15/h3-4,9,18H,5-6H2,1-2H3. The van der Waals surface area contributed by atoms with Crippen molar-refractivity contribution in [3.63, 3.8) is 0 Å². The van der Waals surface area contributed by atoms with Crippen molar-refractivity contribution < 1.29 is 9.72 Å². The van der Waals surface area contributed by atoms with Gasteiger partial charge >= 0.3 is 0 Å². The molecule has 0 spiro atoms. The van der Waals surface area contributed by atoms with E-state index in [0.29, 0.717) is 18.7 Å². The van der Waals surface area contributed by atoms with E-state index in [9.17, 15) is 14.9 Å². The van der Waals surface area contributed by atoms with Crippen molar-refractivity contribution in [1.29, 1.82) is 0 Å². The second-order valence-corrected chi connectivity index (χ2v) is 5.22. The Bertz CT molecular complexity index is 530. The third kappa shape index (κ3) is 2.08. The van der Waals surface area contributed by atoms with Crippen LogP contribution >= 0.6 is 12.6 Å². The highest BCUT2D eigenvalue weighted by atomic mass is 32.1. The SMILES string of the molecule is Cc1ccc([N+](=O)[O-])c(N2CC(S)CC2=O)c1C. The van der Waals surface area contributed by atoms with Crippen molar-refractivity contribution in [3.05, 3.63) is 33.4 Å². The van der Waals surface area contributed by atoms with Crippen molar-refractivity contribution in [2.75, 3.05) is 11.4 Å². The number of thiol groups is 1. The van der Waals surface area contributed by atoms with Crippen LogP contribution in [0.25, 0.3) is 0 Å². The molecule has 0 saturated carbocycles. The van der Waals surface area contributed by atoms with Gasteiger partial charge in [-0.25, -0.2) is 0 Å². The Morgan fingerprint density at radius 2 is 2.11 bits per heavy atom. The summed E-state index contributed by atoms with van der Waals surface area (Å²) in [6.07, 6.45) is 0.327. The van der Waals surface area contributed by atoms with Gasteiger partial charge in [0.2, 0.25) is 5.91 Å². The highest BCUT2D eigenvalue weighted by Gasteiger charge is 2.34. The third-order valence-corrected chi connectivity index (χ3v) is 3.60. The van der Waals surface area contributed by atoms with Crippen LogP contribution in [0.2, 0.25) is 0 Å². The molecular weight excluding hydrogens is 252 g/mol. The number of amides is 1. The molecule has 1 amide bonds. The number of carbonyl (C=O) groups excluding carboxylic acids is 1. The predicted molar refractivity (Wildman–Crippen MR) is 72.3 cm³/mol. The van der Waals surface area contributed by atoms with E-state index in [1.807, 2.05) is 6.92 Å². The van der Waals surface area contributed by atoms with Gasteiger partial charge in [0.15, 0.2) is 0 Å². The second kappa shape index (κ2) is 4.61. The Morgan fingerprint density at radius 1 is 1.44 bits per heavy atom. The topological polar surface area (TPSA) is 63.5 Å². The lowest BCUT2D eigenvalue weighted by Gasteiger charge is -2.19. The van der Waals surface area contributed by atoms with E-state index in [1.165, 1.54) is 11.0 Å². The van der Waals surface area contributed by atoms with Gasteiger partial charge in [0.1, 0.15) is 5.69 Å². The summed E-state index contributed by atoms with van der Waals surface area (Å²) in [6, 6.07) is 3.16. The fourth-order valence-electron chi connectivity index (χ4n) is 2.18. The van der Waals surface area contributed by atoms with Crippen LogP contribution in [0.3, 0.4) is 0 Å². The molecule has 1 fully saturated rings. The minimum absolute atomic E-state index is 0.0196. The maximum atomic E-state index is 11.9. The first-order chi connectivity index (χ1) is 8.41. The van der Waals surface area contributed by atoms with Crippen LogP contribution in [-0.4, -0.2) is 22.6 Å². The molecule has 0 radical (unpaired) electrons. The summed E-state index contributed by atoms with van der Waals surface area (Å²) in [5.41, 5.74) is 2.11. The molecule has 1 aromatic rings. The Balaban J connectivity index is 2.58. The number of rotatable bonds is 2. The zero-order valence-corrected chi connectivity index (χ0v) is 11.1. The lowest BCUT2D eigenvalue weighted by Crippen LogP contribution is -2.26. The number of hydrogen-bond acceptors (Lipinski definition) is 4. The highest BCUT2D eigenvalue weighted by Crippen LogP contribution is 2.36. The van der Waals surface area contributed by atoms with Gasteiger partial charge in [0.05, 0.1) is 4.92 Å². The van der Waals surface area contributed by atoms with Gasteiger partial charge in [0, 0.05) is 24.3 Å². The van der Waals surface area contributed by atoms with Crippen LogP contribution in [0.1, 0.15) is 17.5 Å². The Kier molecular flexibility index (Phi) is 3.30. The zero-order chi connectivity index (χ0) is 13.4. The molecule has 1 unspecified atom stereocenters. The number of nitro groups is 1. The summed E-state index contributed by atoms with van der Waals surface area (Å²) in [7, 11) is 0. The zero-order valence-electron chi connectivity index (χ0n) is 10.2. The van der Waals surface area contributed by atoms with Crippen LogP contribution in [0.5, 0.6) is 0 Å². The van der Waals surface area contributed by atoms with Crippen molar-refractivity contribution in [2.45, 2.75) is 25.5 Å². The third-order valence-electron chi connectivity index (χ3n) is 3.25. The van der Waals surface area contributed by atoms with Gasteiger partial charge in [-0.1, -0.05) is 6.07 Å². The van der Waals surface area contributed by atoms with Gasteiger partial charge in [-0.2, -0.15) is 12.6 Å². The number of benzene rings is 1. The molecule has 18 heavy (non-hydrogen) atoms. The number of anilines is 1. The van der Waals surface area contributed by atoms with Crippen LogP contribution in [0.15, 0.2) is 12.1 Å². The minimum atomic E-state index is -0.444. The van der Waals surface area contributed by atoms with E-state index < -0.39 is 4.92 Å². The molecule has 1 aliphatic rings. The van der Waals surface area contributed by atoms with Crippen molar-refractivity contribution in [1.82, 2.24) is 0 Å². The van der Waals surface area contributed by atoms with E-state index in [-0.39, 0.29) is 16.8 Å². The van der Waals surface area contributed by atoms with Gasteiger partial charge in [-0.05, 0) is 25.0 Å². The average molecular weight is 266 g/mol. The molecule has 1 saturated heterocycles. The molecule has 1 aromatic carbocycles. The second-order valence-electron chi connectivity index (χ2n) is 4.49. The highest BCUT2D eigenvalue weighted by molar-refractivity contribution is 7.81. The molecular formula is C12H14N2O3S. The maximum absolute atomic E-state index is 11.9. The van der Waals surface area contributed by atoms with Crippen LogP contribution < -0.4 is 4.90 Å². The number of nitrogens with zero attached hydrogens (tertiary/aromatic N) is 2. The average Bonchev–Trinajstić information content (AvgIpc) is 2.61. The first kappa shape index (κ1) is 12.9. The quantitative estimate of drug-likeness (QED) is 0.507. The molecule has 1 heterocycles. The minimum Gasteiger partial charge on any atom is -0.305 e. The number of aryl methyl sites for hydroxylation is 1. The number of hydrogen-bond donors (Lipinski definition) is 1. The van der Waals surface area contributed by atoms with Crippen molar-refractivity contribution >= 4 is 29.9 Å². The monoisotopic (exact) mass is 266 g/mol. The molecule has 0 aromatic heterocycles. The molecule has 2 rings (SSSR count). The van der Waals surface area contributed by atoms with E-state index in [4.69, 9.17) is 0 Å². The molecule has 0 bridgehead atoms. The smallest absolute Gasteiger partial charge is 0.293 e. The normalized spacial score (nSPS) is 19.4. The van der Waals surface area contributed by atoms with Crippen LogP contribution in [0, 0.1) is 24.0 Å². The van der Waals surface area contributed by atoms with Gasteiger partial charge in [-0.15, -0.1) is 0 Å². The lowest BCUT2D eigenvalue weighted by atomic mass is 10.1. The number of nitro benzene ring substituents is 1. The molecule has 1 aliphatic heterocycles. The Labute approximate surface area is 110 Å². The first-order valence-corrected chi connectivity index (χ1v) is 6.16. The molecule has 6 heteroatoms. The van der Waals surface area contributed by atoms with E-state index in [2.05, 4.69) is 12.6 Å². The number of carbonyl (C=O) groups is 1. The maximum Gasteiger partial charge on any atom is 0.293 e. The molecule has 1 atom stereocenters. The van der Waals surface area contributed by atoms with E-state index in [1.54, 1.807) is 13.0 Å². The summed E-state index contributed by atoms with van der Waals surface area (Å²) < 4.78 is 0. The summed E-state index contributed by atoms with van der Waals surface area (Å²) in [5.74, 6) is -0.105. The Morgan fingerprint density at radius 3 is 2.61 bits per heavy atom. The molecule has 0 aliphatic carbocycles. The Hall–Kier alpha value is -1.56. The first-order valence-electron chi connectivity index (χ1n) is 5.65. The van der Waals surface area contributed by atoms with Gasteiger partial charge in [0.25, 0.3) is 5.69 Å². The summed E-state index contributed by atoms with van der Waals surface area (Å²) in [5, 5.41) is 11.0. The molecule has 96 valence electrons. The van der Waals surface area contributed by atoms with Crippen molar-refractivity contribution in [2.24, 2.45) is 0 Å². The predicted octanol–water partition coefficient (Wildman–Crippen LogP) is 2.25. The summed E-state index contributed by atoms with van der Waals surface area (Å²) >= 11 is 4.28. The van der Waals surface area contributed by atoms with Crippen LogP contribution in [-0.2, 0) is 4.79 Å². The van der Waals surface area contributed by atoms with Gasteiger partial charge < -0.3 is 4.90 Å². The largest absolute Gasteiger partial charge is 0.305 e. The lowest BCUT2D eigenvalue weighted by molar-refractivity contribution is -0.384. The summed E-state index contributed by atoms with van der Waals surface area (Å²) in [4.78, 5) is 24.0. The fourth-order valence-corrected chi connectivity index (χ4v) is 2.50. The van der Waals surface area contributed by atoms with Crippen molar-refractivity contribution in [3.8, 4) is 0 Å². The van der Waals surface area contributed by atoms with E-state index in [0.717, 1.165) is 11.1 Å². The van der Waals surface area contributed by atoms with Crippen LogP contribution in [0.4, 0.5) is 11.4 Å². The van der Waals surface area contributed by atoms with E-state index >= 15 is 0 Å². The fraction of sp³-hybridized carbons (Fsp3) is 0.417. The summed E-state index contributed by atoms with van der Waals surface area (Å²) in [6.45, 7) is 4.10. The molecule has 5 nitrogen and oxygen atoms in total.